The third-order valence-electron chi connectivity index (χ3n) is 6.18. The molecule has 4 rings (SSSR count). The van der Waals surface area contributed by atoms with E-state index in [1.807, 2.05) is 44.3 Å². The molecule has 1 N–H and O–H groups in total. The third-order valence-corrected chi connectivity index (χ3v) is 6.18. The van der Waals surface area contributed by atoms with E-state index in [1.54, 1.807) is 39.8 Å². The highest BCUT2D eigenvalue weighted by molar-refractivity contribution is 5.99. The lowest BCUT2D eigenvalue weighted by Gasteiger charge is -2.27. The molecule has 3 aromatic rings. The van der Waals surface area contributed by atoms with Crippen LogP contribution < -0.4 is 15.5 Å². The number of nitrogens with one attached hydrogen (secondary N) is 1. The summed E-state index contributed by atoms with van der Waals surface area (Å²) < 4.78 is 8.73. The van der Waals surface area contributed by atoms with Gasteiger partial charge in [-0.3, -0.25) is 14.4 Å². The standard InChI is InChI=1S/C27H33N5O4/c1-19(2)15-30-17-23(25(33)24(18-30)27(35)31-10-5-4-6-11-31)26(34)28-13-20-14-29-32(16-20)21-8-7-9-22(12-21)36-3/h7-9,12,14,16-19H,4-6,10-11,13,15H2,1-3H3,(H,28,34). The summed E-state index contributed by atoms with van der Waals surface area (Å²) in [7, 11) is 1.60. The van der Waals surface area contributed by atoms with E-state index in [0.717, 1.165) is 36.3 Å². The number of hydrogen-bond donors (Lipinski definition) is 1. The van der Waals surface area contributed by atoms with Crippen molar-refractivity contribution in [3.05, 3.63) is 76.0 Å². The first-order valence-electron chi connectivity index (χ1n) is 12.3. The number of carbonyl (C=O) groups is 2. The smallest absolute Gasteiger partial charge is 0.259 e. The van der Waals surface area contributed by atoms with Gasteiger partial charge in [-0.1, -0.05) is 19.9 Å². The van der Waals surface area contributed by atoms with Crippen molar-refractivity contribution < 1.29 is 14.3 Å². The molecule has 0 bridgehead atoms. The van der Waals surface area contributed by atoms with E-state index in [9.17, 15) is 14.4 Å². The van der Waals surface area contributed by atoms with Crippen LogP contribution in [0.15, 0.2) is 53.8 Å². The maximum Gasteiger partial charge on any atom is 0.259 e. The molecule has 0 saturated carbocycles. The molecule has 2 aromatic heterocycles. The Kier molecular flexibility index (Phi) is 7.87. The lowest BCUT2D eigenvalue weighted by Crippen LogP contribution is -2.40. The van der Waals surface area contributed by atoms with Crippen LogP contribution in [0.3, 0.4) is 0 Å². The van der Waals surface area contributed by atoms with Crippen molar-refractivity contribution >= 4 is 11.8 Å². The van der Waals surface area contributed by atoms with Crippen LogP contribution in [0.1, 0.15) is 59.4 Å². The third kappa shape index (κ3) is 5.84. The molecule has 1 saturated heterocycles. The number of pyridine rings is 1. The van der Waals surface area contributed by atoms with Crippen molar-refractivity contribution in [2.24, 2.45) is 5.92 Å². The molecule has 9 heteroatoms. The van der Waals surface area contributed by atoms with Crippen molar-refractivity contribution in [3.8, 4) is 11.4 Å². The summed E-state index contributed by atoms with van der Waals surface area (Å²) >= 11 is 0. The predicted octanol–water partition coefficient (Wildman–Crippen LogP) is 3.25. The van der Waals surface area contributed by atoms with Crippen LogP contribution in [-0.2, 0) is 13.1 Å². The summed E-state index contributed by atoms with van der Waals surface area (Å²) in [6.07, 6.45) is 9.54. The van der Waals surface area contributed by atoms with E-state index in [4.69, 9.17) is 4.74 Å². The second-order valence-electron chi connectivity index (χ2n) is 9.54. The highest BCUT2D eigenvalue weighted by atomic mass is 16.5. The zero-order valence-corrected chi connectivity index (χ0v) is 21.1. The summed E-state index contributed by atoms with van der Waals surface area (Å²) in [4.78, 5) is 41.2. The van der Waals surface area contributed by atoms with Crippen LogP contribution in [0.4, 0.5) is 0 Å². The van der Waals surface area contributed by atoms with Gasteiger partial charge >= 0.3 is 0 Å². The monoisotopic (exact) mass is 491 g/mol. The number of carbonyl (C=O) groups excluding carboxylic acids is 2. The number of benzene rings is 1. The minimum Gasteiger partial charge on any atom is -0.497 e. The van der Waals surface area contributed by atoms with Gasteiger partial charge in [0.15, 0.2) is 0 Å². The molecule has 1 fully saturated rings. The minimum atomic E-state index is -0.532. The first-order chi connectivity index (χ1) is 17.4. The Balaban J connectivity index is 1.53. The van der Waals surface area contributed by atoms with Crippen LogP contribution in [0, 0.1) is 5.92 Å². The van der Waals surface area contributed by atoms with E-state index >= 15 is 0 Å². The normalized spacial score (nSPS) is 13.6. The van der Waals surface area contributed by atoms with Gasteiger partial charge in [-0.05, 0) is 37.3 Å². The minimum absolute atomic E-state index is 0.0290. The van der Waals surface area contributed by atoms with E-state index in [0.29, 0.717) is 19.6 Å². The number of rotatable bonds is 8. The van der Waals surface area contributed by atoms with Gasteiger partial charge in [0, 0.05) is 56.4 Å². The zero-order valence-electron chi connectivity index (χ0n) is 21.1. The number of hydrogen-bond acceptors (Lipinski definition) is 5. The van der Waals surface area contributed by atoms with Gasteiger partial charge in [0.2, 0.25) is 5.43 Å². The maximum absolute atomic E-state index is 13.2. The SMILES string of the molecule is COc1cccc(-n2cc(CNC(=O)c3cn(CC(C)C)cc(C(=O)N4CCCCC4)c3=O)cn2)c1. The van der Waals surface area contributed by atoms with Crippen molar-refractivity contribution in [3.63, 3.8) is 0 Å². The average molecular weight is 492 g/mol. The van der Waals surface area contributed by atoms with E-state index in [2.05, 4.69) is 10.4 Å². The highest BCUT2D eigenvalue weighted by Crippen LogP contribution is 2.16. The van der Waals surface area contributed by atoms with Crippen LogP contribution in [0.25, 0.3) is 5.69 Å². The quantitative estimate of drug-likeness (QED) is 0.522. The van der Waals surface area contributed by atoms with Gasteiger partial charge in [-0.2, -0.15) is 5.10 Å². The molecule has 1 aliphatic rings. The average Bonchev–Trinajstić information content (AvgIpc) is 3.37. The van der Waals surface area contributed by atoms with Gasteiger partial charge in [-0.15, -0.1) is 0 Å². The Morgan fingerprint density at radius 1 is 1.08 bits per heavy atom. The van der Waals surface area contributed by atoms with Gasteiger partial charge < -0.3 is 19.5 Å². The van der Waals surface area contributed by atoms with Crippen molar-refractivity contribution in [2.45, 2.75) is 46.2 Å². The fourth-order valence-corrected chi connectivity index (χ4v) is 4.36. The fraction of sp³-hybridized carbons (Fsp3) is 0.407. The second-order valence-corrected chi connectivity index (χ2v) is 9.54. The molecule has 2 amide bonds. The fourth-order valence-electron chi connectivity index (χ4n) is 4.36. The van der Waals surface area contributed by atoms with Crippen molar-refractivity contribution in [2.75, 3.05) is 20.2 Å². The number of likely N-dealkylation sites (tertiary alicyclic amines) is 1. The molecule has 36 heavy (non-hydrogen) atoms. The number of piperidine rings is 1. The van der Waals surface area contributed by atoms with Crippen molar-refractivity contribution in [1.29, 1.82) is 0 Å². The molecule has 1 aromatic carbocycles. The molecule has 3 heterocycles. The molecule has 190 valence electrons. The number of ether oxygens (including phenoxy) is 1. The summed E-state index contributed by atoms with van der Waals surface area (Å²) in [6, 6.07) is 7.49. The molecule has 0 spiro atoms. The Bertz CT molecular complexity index is 1290. The number of amides is 2. The molecule has 0 aliphatic carbocycles. The van der Waals surface area contributed by atoms with Gasteiger partial charge in [0.05, 0.1) is 19.0 Å². The molecular formula is C27H33N5O4. The number of aromatic nitrogens is 3. The van der Waals surface area contributed by atoms with Crippen LogP contribution in [0.5, 0.6) is 5.75 Å². The van der Waals surface area contributed by atoms with E-state index < -0.39 is 11.3 Å². The van der Waals surface area contributed by atoms with Crippen LogP contribution >= 0.6 is 0 Å². The molecule has 0 radical (unpaired) electrons. The molecule has 0 atom stereocenters. The predicted molar refractivity (Wildman–Crippen MR) is 137 cm³/mol. The summed E-state index contributed by atoms with van der Waals surface area (Å²) in [5.74, 6) is 0.185. The number of nitrogens with zero attached hydrogens (tertiary/aromatic N) is 4. The Morgan fingerprint density at radius 3 is 2.56 bits per heavy atom. The van der Waals surface area contributed by atoms with Crippen LogP contribution in [0.2, 0.25) is 0 Å². The van der Waals surface area contributed by atoms with Crippen molar-refractivity contribution in [1.82, 2.24) is 24.6 Å². The van der Waals surface area contributed by atoms with E-state index in [1.165, 1.54) is 0 Å². The maximum atomic E-state index is 13.2. The lowest BCUT2D eigenvalue weighted by molar-refractivity contribution is 0.0722. The topological polar surface area (TPSA) is 98.5 Å². The largest absolute Gasteiger partial charge is 0.497 e. The Labute approximate surface area is 210 Å². The van der Waals surface area contributed by atoms with Gasteiger partial charge in [0.25, 0.3) is 11.8 Å². The zero-order chi connectivity index (χ0) is 25.7. The van der Waals surface area contributed by atoms with Crippen LogP contribution in [-0.4, -0.2) is 51.3 Å². The molecule has 9 nitrogen and oxygen atoms in total. The lowest BCUT2D eigenvalue weighted by atomic mass is 10.1. The first-order valence-corrected chi connectivity index (χ1v) is 12.3. The van der Waals surface area contributed by atoms with Gasteiger partial charge in [-0.25, -0.2) is 4.68 Å². The molecular weight excluding hydrogens is 458 g/mol. The summed E-state index contributed by atoms with van der Waals surface area (Å²) in [6.45, 7) is 6.14. The first kappa shape index (κ1) is 25.2. The number of methoxy groups -OCH3 is 1. The Morgan fingerprint density at radius 2 is 1.83 bits per heavy atom. The van der Waals surface area contributed by atoms with E-state index in [-0.39, 0.29) is 29.5 Å². The molecule has 0 unspecified atom stereocenters. The van der Waals surface area contributed by atoms with Gasteiger partial charge in [0.1, 0.15) is 16.9 Å². The highest BCUT2D eigenvalue weighted by Gasteiger charge is 2.24. The summed E-state index contributed by atoms with van der Waals surface area (Å²) in [5, 5.41) is 7.17. The second kappa shape index (κ2) is 11.2. The molecule has 1 aliphatic heterocycles. The Hall–Kier alpha value is -3.88. The summed E-state index contributed by atoms with van der Waals surface area (Å²) in [5.41, 5.74) is 1.09.